The fourth-order valence-corrected chi connectivity index (χ4v) is 1.54. The molecular weight excluding hydrogens is 583 g/mol. The van der Waals surface area contributed by atoms with Crippen molar-refractivity contribution in [1.29, 1.82) is 0 Å². The Balaban J connectivity index is 0.00000106. The van der Waals surface area contributed by atoms with Crippen molar-refractivity contribution < 1.29 is 19.8 Å². The summed E-state index contributed by atoms with van der Waals surface area (Å²) in [6.07, 6.45) is 0.315. The van der Waals surface area contributed by atoms with E-state index in [1.165, 1.54) is 0 Å². The molecule has 0 heterocycles. The first kappa shape index (κ1) is 17.0. The molecule has 1 aromatic rings. The van der Waals surface area contributed by atoms with Gasteiger partial charge < -0.3 is 5.32 Å². The van der Waals surface area contributed by atoms with Gasteiger partial charge in [0.05, 0.1) is 0 Å². The molecule has 0 atom stereocenters. The molecule has 91 valence electrons. The first-order chi connectivity index (χ1) is 7.68. The van der Waals surface area contributed by atoms with E-state index in [2.05, 4.69) is 40.9 Å². The summed E-state index contributed by atoms with van der Waals surface area (Å²) < 4.78 is 1.04. The Morgan fingerprint density at radius 3 is 2.75 bits per heavy atom. The van der Waals surface area contributed by atoms with Gasteiger partial charge in [0.2, 0.25) is 5.24 Å². The molecule has 0 unspecified atom stereocenters. The maximum atomic E-state index is 10.4. The zero-order valence-electron chi connectivity index (χ0n) is 8.27. The van der Waals surface area contributed by atoms with Gasteiger partial charge in [-0.1, -0.05) is 33.6 Å². The number of hydrogen-bond donors (Lipinski definition) is 0. The summed E-state index contributed by atoms with van der Waals surface area (Å²) in [5.74, 6) is 0. The third-order valence-electron chi connectivity index (χ3n) is 1.65. The van der Waals surface area contributed by atoms with Gasteiger partial charge >= 0.3 is 34.7 Å². The normalized spacial score (nSPS) is 9.25. The fourth-order valence-electron chi connectivity index (χ4n) is 1.01. The van der Waals surface area contributed by atoms with E-state index in [0.717, 1.165) is 10.0 Å². The quantitative estimate of drug-likeness (QED) is 0.284. The van der Waals surface area contributed by atoms with Crippen LogP contribution < -0.4 is 0 Å². The molecule has 2 nitrogen and oxygen atoms in total. The van der Waals surface area contributed by atoms with E-state index in [9.17, 15) is 4.79 Å². The molecule has 0 saturated heterocycles. The van der Waals surface area contributed by atoms with E-state index in [4.69, 9.17) is 11.6 Å². The average Bonchev–Trinajstić information content (AvgIpc) is 2.27. The zero-order valence-corrected chi connectivity index (χ0v) is 15.3. The Labute approximate surface area is 130 Å². The number of halogens is 3. The van der Waals surface area contributed by atoms with Crippen molar-refractivity contribution >= 4 is 52.4 Å². The first-order valence-corrected chi connectivity index (χ1v) is 12.8. The molecule has 0 aliphatic carbocycles. The summed E-state index contributed by atoms with van der Waals surface area (Å²) in [6, 6.07) is 7.93. The van der Waals surface area contributed by atoms with Crippen LogP contribution in [0.4, 0.5) is 0 Å². The molecule has 0 saturated carbocycles. The van der Waals surface area contributed by atoms with E-state index < -0.39 is 0 Å². The molecule has 0 aliphatic heterocycles. The first-order valence-electron chi connectivity index (χ1n) is 4.38. The van der Waals surface area contributed by atoms with E-state index >= 15 is 0 Å². The van der Waals surface area contributed by atoms with Crippen LogP contribution in [0.3, 0.4) is 0 Å². The number of rotatable bonds is 5. The summed E-state index contributed by atoms with van der Waals surface area (Å²) in [6.45, 7) is 1.12. The average molecular weight is 593 g/mol. The number of benzene rings is 1. The van der Waals surface area contributed by atoms with Gasteiger partial charge in [-0.2, -0.15) is 0 Å². The minimum absolute atomic E-state index is 0.315. The van der Waals surface area contributed by atoms with Crippen molar-refractivity contribution in [2.24, 2.45) is 0 Å². The predicted octanol–water partition coefficient (Wildman–Crippen LogP) is 4.36. The topological polar surface area (TPSA) is 31.2 Å². The third-order valence-corrected chi connectivity index (χ3v) is 2.33. The summed E-state index contributed by atoms with van der Waals surface area (Å²) in [7, 11) is 0. The van der Waals surface area contributed by atoms with Crippen molar-refractivity contribution in [1.82, 2.24) is 0 Å². The van der Waals surface area contributed by atoms with Gasteiger partial charge in [0.15, 0.2) is 0 Å². The Kier molecular flexibility index (Phi) is 11.8. The van der Waals surface area contributed by atoms with Gasteiger partial charge in [0.25, 0.3) is 0 Å². The van der Waals surface area contributed by atoms with Crippen LogP contribution in [0.2, 0.25) is 0 Å². The van der Waals surface area contributed by atoms with E-state index in [0.29, 0.717) is 19.5 Å². The van der Waals surface area contributed by atoms with Crippen LogP contribution in [0.5, 0.6) is 0 Å². The van der Waals surface area contributed by atoms with E-state index in [1.807, 2.05) is 39.3 Å². The second-order valence-corrected chi connectivity index (χ2v) is 4.18. The summed E-state index contributed by atoms with van der Waals surface area (Å²) in [5.41, 5.74) is 1.13. The molecule has 0 N–H and O–H groups in total. The van der Waals surface area contributed by atoms with Gasteiger partial charge in [-0.05, 0) is 23.7 Å². The SMILES string of the molecule is O=C(Cl)CC[N-]Cc1cccc(Br)c1.[I][Os]. The molecule has 0 aromatic heterocycles. The van der Waals surface area contributed by atoms with Crippen molar-refractivity contribution in [3.63, 3.8) is 0 Å². The van der Waals surface area contributed by atoms with Crippen LogP contribution in [0.1, 0.15) is 12.0 Å². The maximum absolute atomic E-state index is 10.4. The molecule has 0 spiro atoms. The van der Waals surface area contributed by atoms with Gasteiger partial charge in [-0.3, -0.25) is 4.79 Å². The van der Waals surface area contributed by atoms with Crippen molar-refractivity contribution in [3.05, 3.63) is 39.6 Å². The Hall–Kier alpha value is 0.986. The molecule has 1 aromatic carbocycles. The number of nitrogens with zero attached hydrogens (tertiary/aromatic N) is 1. The molecule has 0 bridgehead atoms. The summed E-state index contributed by atoms with van der Waals surface area (Å²) in [4.78, 5) is 10.4. The fraction of sp³-hybridized carbons (Fsp3) is 0.300. The standard InChI is InChI=1S/C10H10BrClNO.HI.Os/c11-9-3-1-2-8(6-9)7-13-5-4-10(12)14;;/h1-3,6H,4-5,7H2;1H;/q-1;;+1/p-1. The summed E-state index contributed by atoms with van der Waals surface area (Å²) >= 11 is 12.6. The molecule has 0 aliphatic rings. The third kappa shape index (κ3) is 9.06. The Morgan fingerprint density at radius 1 is 1.50 bits per heavy atom. The van der Waals surface area contributed by atoms with Crippen LogP contribution in [0.15, 0.2) is 28.7 Å². The molecule has 0 radical (unpaired) electrons. The van der Waals surface area contributed by atoms with Crippen LogP contribution in [0.25, 0.3) is 5.32 Å². The van der Waals surface area contributed by atoms with Crippen LogP contribution in [-0.4, -0.2) is 11.8 Å². The number of carbonyl (C=O) groups excluding carboxylic acids is 1. The molecule has 0 fully saturated rings. The van der Waals surface area contributed by atoms with Crippen molar-refractivity contribution in [3.8, 4) is 0 Å². The number of carbonyl (C=O) groups is 1. The zero-order chi connectivity index (χ0) is 12.4. The van der Waals surface area contributed by atoms with Gasteiger partial charge in [-0.15, -0.1) is 13.1 Å². The minimum atomic E-state index is -0.331. The summed E-state index contributed by atoms with van der Waals surface area (Å²) in [5, 5.41) is 3.87. The number of hydrogen-bond acceptors (Lipinski definition) is 1. The molecular formula is C10H10BrClINOOs-. The van der Waals surface area contributed by atoms with Crippen molar-refractivity contribution in [2.75, 3.05) is 6.54 Å². The molecule has 6 heteroatoms. The van der Waals surface area contributed by atoms with Crippen molar-refractivity contribution in [2.45, 2.75) is 13.0 Å². The van der Waals surface area contributed by atoms with Gasteiger partial charge in [0, 0.05) is 10.9 Å². The van der Waals surface area contributed by atoms with Gasteiger partial charge in [-0.25, -0.2) is 0 Å². The van der Waals surface area contributed by atoms with E-state index in [-0.39, 0.29) is 5.24 Å². The second kappa shape index (κ2) is 11.1. The monoisotopic (exact) mass is 593 g/mol. The Bertz CT molecular complexity index is 327. The second-order valence-electron chi connectivity index (χ2n) is 2.84. The predicted molar refractivity (Wildman–Crippen MR) is 75.6 cm³/mol. The van der Waals surface area contributed by atoms with Crippen LogP contribution in [-0.2, 0) is 26.4 Å². The van der Waals surface area contributed by atoms with Crippen LogP contribution in [0, 0.1) is 0 Å². The molecule has 16 heavy (non-hydrogen) atoms. The van der Waals surface area contributed by atoms with Gasteiger partial charge in [0.1, 0.15) is 0 Å². The molecule has 1 rings (SSSR count). The molecule has 0 amide bonds. The van der Waals surface area contributed by atoms with E-state index in [1.54, 1.807) is 0 Å². The van der Waals surface area contributed by atoms with Crippen LogP contribution >= 0.6 is 47.2 Å². The Morgan fingerprint density at radius 2 is 2.19 bits per heavy atom.